The Hall–Kier alpha value is -3.26. The van der Waals surface area contributed by atoms with E-state index in [1.807, 2.05) is 19.2 Å². The van der Waals surface area contributed by atoms with Crippen LogP contribution in [0.3, 0.4) is 0 Å². The van der Waals surface area contributed by atoms with Gasteiger partial charge in [0.2, 0.25) is 11.9 Å². The number of aliphatic hydroxyl groups is 2. The Labute approximate surface area is 238 Å². The van der Waals surface area contributed by atoms with Crippen molar-refractivity contribution in [2.24, 2.45) is 11.8 Å². The quantitative estimate of drug-likeness (QED) is 0.198. The van der Waals surface area contributed by atoms with Crippen LogP contribution in [0, 0.1) is 18.8 Å². The molecule has 7 rings (SSSR count). The molecule has 11 nitrogen and oxygen atoms in total. The second-order valence-electron chi connectivity index (χ2n) is 10.9. The predicted molar refractivity (Wildman–Crippen MR) is 155 cm³/mol. The molecule has 3 aliphatic rings. The van der Waals surface area contributed by atoms with Crippen LogP contribution in [0.1, 0.15) is 49.4 Å². The Morgan fingerprint density at radius 1 is 1.07 bits per heavy atom. The van der Waals surface area contributed by atoms with Crippen molar-refractivity contribution >= 4 is 55.7 Å². The topological polar surface area (TPSA) is 158 Å². The van der Waals surface area contributed by atoms with E-state index in [1.165, 1.54) is 24.2 Å². The molecule has 4 aromatic rings. The number of thiazole rings is 2. The van der Waals surface area contributed by atoms with Gasteiger partial charge in [0.1, 0.15) is 22.4 Å². The van der Waals surface area contributed by atoms with Gasteiger partial charge in [0, 0.05) is 30.2 Å². The van der Waals surface area contributed by atoms with Gasteiger partial charge in [0.25, 0.3) is 0 Å². The molecule has 40 heavy (non-hydrogen) atoms. The summed E-state index contributed by atoms with van der Waals surface area (Å²) in [4.78, 5) is 36.2. The number of fused-ring (bicyclic) bond motifs is 1. The van der Waals surface area contributed by atoms with E-state index in [0.29, 0.717) is 28.7 Å². The average Bonchev–Trinajstić information content (AvgIpc) is 3.84. The van der Waals surface area contributed by atoms with Gasteiger partial charge in [0.05, 0.1) is 39.7 Å². The number of nitrogens with zero attached hydrogens (tertiary/aromatic N) is 5. The van der Waals surface area contributed by atoms with Gasteiger partial charge in [-0.15, -0.1) is 22.7 Å². The number of pyridine rings is 1. The van der Waals surface area contributed by atoms with Crippen molar-refractivity contribution in [3.8, 4) is 10.6 Å². The third-order valence-electron chi connectivity index (χ3n) is 7.85. The van der Waals surface area contributed by atoms with Gasteiger partial charge in [-0.2, -0.15) is 4.98 Å². The zero-order chi connectivity index (χ0) is 27.4. The molecule has 0 aliphatic heterocycles. The fourth-order valence-corrected chi connectivity index (χ4v) is 6.90. The second kappa shape index (κ2) is 10.3. The second-order valence-corrected chi connectivity index (χ2v) is 12.8. The fourth-order valence-electron chi connectivity index (χ4n) is 5.30. The van der Waals surface area contributed by atoms with E-state index < -0.39 is 24.2 Å². The summed E-state index contributed by atoms with van der Waals surface area (Å²) in [5.74, 6) is 0.950. The van der Waals surface area contributed by atoms with E-state index in [1.54, 1.807) is 22.9 Å². The van der Waals surface area contributed by atoms with Gasteiger partial charge >= 0.3 is 0 Å². The van der Waals surface area contributed by atoms with Gasteiger partial charge in [-0.3, -0.25) is 9.78 Å². The molecule has 0 saturated heterocycles. The van der Waals surface area contributed by atoms with Crippen LogP contribution in [0.15, 0.2) is 23.8 Å². The lowest BCUT2D eigenvalue weighted by atomic mass is 10.1. The number of amides is 1. The normalized spacial score (nSPS) is 24.4. The van der Waals surface area contributed by atoms with Crippen molar-refractivity contribution < 1.29 is 15.0 Å². The molecule has 1 amide bonds. The molecular formula is C27H30N8O3S2. The minimum Gasteiger partial charge on any atom is -0.390 e. The first-order chi connectivity index (χ1) is 19.4. The molecule has 3 fully saturated rings. The number of hydrogen-bond donors (Lipinski definition) is 5. The van der Waals surface area contributed by atoms with Gasteiger partial charge < -0.3 is 26.2 Å². The first-order valence-corrected chi connectivity index (χ1v) is 15.4. The van der Waals surface area contributed by atoms with E-state index in [4.69, 9.17) is 15.0 Å². The van der Waals surface area contributed by atoms with Crippen molar-refractivity contribution in [1.29, 1.82) is 0 Å². The van der Waals surface area contributed by atoms with Crippen LogP contribution >= 0.6 is 22.7 Å². The highest BCUT2D eigenvalue weighted by Crippen LogP contribution is 2.44. The van der Waals surface area contributed by atoms with Crippen LogP contribution in [0.4, 0.5) is 16.9 Å². The van der Waals surface area contributed by atoms with Gasteiger partial charge in [0.15, 0.2) is 5.13 Å². The molecule has 0 spiro atoms. The zero-order valence-electron chi connectivity index (χ0n) is 21.9. The Morgan fingerprint density at radius 3 is 2.67 bits per heavy atom. The Kier molecular flexibility index (Phi) is 6.61. The van der Waals surface area contributed by atoms with Crippen LogP contribution in [0.25, 0.3) is 20.8 Å². The van der Waals surface area contributed by atoms with E-state index in [9.17, 15) is 15.0 Å². The number of aromatic nitrogens is 5. The Balaban J connectivity index is 1.21. The largest absolute Gasteiger partial charge is 0.390 e. The van der Waals surface area contributed by atoms with Crippen LogP contribution in [-0.4, -0.2) is 65.8 Å². The molecule has 0 radical (unpaired) electrons. The molecule has 3 aliphatic carbocycles. The highest BCUT2D eigenvalue weighted by Gasteiger charge is 2.45. The molecular weight excluding hydrogens is 548 g/mol. The molecule has 3 saturated carbocycles. The van der Waals surface area contributed by atoms with Crippen molar-refractivity contribution in [2.75, 3.05) is 22.5 Å². The highest BCUT2D eigenvalue weighted by atomic mass is 32.1. The maximum absolute atomic E-state index is 12.9. The van der Waals surface area contributed by atoms with Crippen molar-refractivity contribution in [3.05, 3.63) is 35.2 Å². The smallest absolute Gasteiger partial charge is 0.232 e. The van der Waals surface area contributed by atoms with Gasteiger partial charge in [-0.25, -0.2) is 15.0 Å². The number of aliphatic hydroxyl groups excluding tert-OH is 2. The van der Waals surface area contributed by atoms with Crippen LogP contribution < -0.4 is 16.0 Å². The Bertz CT molecular complexity index is 1550. The summed E-state index contributed by atoms with van der Waals surface area (Å²) in [5, 5.41) is 34.2. The summed E-state index contributed by atoms with van der Waals surface area (Å²) in [5.41, 5.74) is 3.46. The number of carbonyl (C=O) groups is 1. The molecule has 4 heterocycles. The van der Waals surface area contributed by atoms with Crippen LogP contribution in [0.2, 0.25) is 0 Å². The molecule has 0 bridgehead atoms. The summed E-state index contributed by atoms with van der Waals surface area (Å²) in [6.07, 6.45) is 5.95. The van der Waals surface area contributed by atoms with E-state index >= 15 is 0 Å². The SMILES string of the molecule is Cc1nc(NCC2CC2)nc(N[C@@H]2C[C@H](C(=O)Nc3nccs3)[C@@H](O)[C@H]2O)c1-c1nc2c(C3CC3)nccc2s1. The summed E-state index contributed by atoms with van der Waals surface area (Å²) in [6, 6.07) is 1.38. The monoisotopic (exact) mass is 578 g/mol. The summed E-state index contributed by atoms with van der Waals surface area (Å²) in [7, 11) is 0. The van der Waals surface area contributed by atoms with Crippen molar-refractivity contribution in [3.63, 3.8) is 0 Å². The number of nitrogens with one attached hydrogen (secondary N) is 3. The third-order valence-corrected chi connectivity index (χ3v) is 9.58. The van der Waals surface area contributed by atoms with E-state index in [-0.39, 0.29) is 12.3 Å². The molecule has 5 N–H and O–H groups in total. The first kappa shape index (κ1) is 25.7. The number of anilines is 3. The molecule has 13 heteroatoms. The zero-order valence-corrected chi connectivity index (χ0v) is 23.5. The fraction of sp³-hybridized carbons (Fsp3) is 0.481. The number of hydrogen-bond acceptors (Lipinski definition) is 12. The molecule has 4 aromatic heterocycles. The average molecular weight is 579 g/mol. The van der Waals surface area contributed by atoms with Crippen molar-refractivity contribution in [1.82, 2.24) is 24.9 Å². The highest BCUT2D eigenvalue weighted by molar-refractivity contribution is 7.21. The molecule has 4 atom stereocenters. The summed E-state index contributed by atoms with van der Waals surface area (Å²) < 4.78 is 1.06. The Morgan fingerprint density at radius 2 is 1.93 bits per heavy atom. The lowest BCUT2D eigenvalue weighted by Gasteiger charge is -2.21. The maximum atomic E-state index is 12.9. The summed E-state index contributed by atoms with van der Waals surface area (Å²) >= 11 is 2.87. The molecule has 208 valence electrons. The number of carbonyl (C=O) groups excluding carboxylic acids is 1. The lowest BCUT2D eigenvalue weighted by molar-refractivity contribution is -0.123. The predicted octanol–water partition coefficient (Wildman–Crippen LogP) is 3.77. The summed E-state index contributed by atoms with van der Waals surface area (Å²) in [6.45, 7) is 2.74. The third kappa shape index (κ3) is 5.02. The minimum absolute atomic E-state index is 0.225. The lowest BCUT2D eigenvalue weighted by Crippen LogP contribution is -2.37. The van der Waals surface area contributed by atoms with Crippen molar-refractivity contribution in [2.45, 2.75) is 63.2 Å². The minimum atomic E-state index is -1.23. The first-order valence-electron chi connectivity index (χ1n) is 13.7. The standard InChI is InChI=1S/C27H30N8O3S2/c1-12-18(25-33-20-17(40-25)6-7-28-19(20)14-4-5-14)23(34-26(31-12)30-11-13-2-3-13)32-16-10-15(21(36)22(16)37)24(38)35-27-29-8-9-39-27/h6-9,13-16,21-22,36-37H,2-5,10-11H2,1H3,(H,29,35,38)(H2,30,31,32,34)/t15-,16+,21+,22-/m0/s1. The van der Waals surface area contributed by atoms with E-state index in [2.05, 4.69) is 25.9 Å². The van der Waals surface area contributed by atoms with Crippen LogP contribution in [-0.2, 0) is 4.79 Å². The van der Waals surface area contributed by atoms with Gasteiger partial charge in [-0.1, -0.05) is 0 Å². The van der Waals surface area contributed by atoms with Gasteiger partial charge in [-0.05, 0) is 51.0 Å². The number of rotatable bonds is 9. The van der Waals surface area contributed by atoms with E-state index in [0.717, 1.165) is 51.6 Å². The maximum Gasteiger partial charge on any atom is 0.232 e. The van der Waals surface area contributed by atoms with Crippen LogP contribution in [0.5, 0.6) is 0 Å². The molecule has 0 aromatic carbocycles. The number of aryl methyl sites for hydroxylation is 1. The molecule has 0 unspecified atom stereocenters.